The van der Waals surface area contributed by atoms with E-state index in [9.17, 15) is 4.79 Å². The lowest BCUT2D eigenvalue weighted by atomic mass is 9.95. The van der Waals surface area contributed by atoms with Crippen molar-refractivity contribution in [3.8, 4) is 0 Å². The summed E-state index contributed by atoms with van der Waals surface area (Å²) < 4.78 is 5.11. The van der Waals surface area contributed by atoms with E-state index in [0.717, 1.165) is 25.9 Å². The van der Waals surface area contributed by atoms with Crippen molar-refractivity contribution in [1.82, 2.24) is 9.80 Å². The van der Waals surface area contributed by atoms with Gasteiger partial charge in [-0.15, -0.1) is 0 Å². The summed E-state index contributed by atoms with van der Waals surface area (Å²) in [6, 6.07) is 0. The van der Waals surface area contributed by atoms with Gasteiger partial charge in [0.1, 0.15) is 0 Å². The molecule has 0 saturated heterocycles. The predicted octanol–water partition coefficient (Wildman–Crippen LogP) is 1.03. The van der Waals surface area contributed by atoms with Gasteiger partial charge in [0, 0.05) is 26.7 Å². The van der Waals surface area contributed by atoms with Crippen molar-refractivity contribution >= 4 is 5.91 Å². The summed E-state index contributed by atoms with van der Waals surface area (Å²) in [6.45, 7) is 7.66. The molecular weight excluding hydrogens is 254 g/mol. The van der Waals surface area contributed by atoms with Crippen LogP contribution in [-0.2, 0) is 9.53 Å². The molecule has 20 heavy (non-hydrogen) atoms. The minimum absolute atomic E-state index is 0.0637. The smallest absolute Gasteiger partial charge is 0.227 e. The van der Waals surface area contributed by atoms with Crippen molar-refractivity contribution in [3.63, 3.8) is 0 Å². The van der Waals surface area contributed by atoms with E-state index in [1.165, 1.54) is 0 Å². The molecule has 0 spiro atoms. The van der Waals surface area contributed by atoms with Crippen LogP contribution < -0.4 is 5.73 Å². The topological polar surface area (TPSA) is 58.8 Å². The largest absolute Gasteiger partial charge is 0.383 e. The second kappa shape index (κ2) is 11.1. The highest BCUT2D eigenvalue weighted by Gasteiger charge is 2.23. The van der Waals surface area contributed by atoms with Gasteiger partial charge in [-0.2, -0.15) is 0 Å². The number of carbonyl (C=O) groups excluding carboxylic acids is 1. The maximum atomic E-state index is 12.6. The van der Waals surface area contributed by atoms with E-state index in [2.05, 4.69) is 18.7 Å². The van der Waals surface area contributed by atoms with Gasteiger partial charge in [-0.1, -0.05) is 13.8 Å². The predicted molar refractivity (Wildman–Crippen MR) is 83.6 cm³/mol. The highest BCUT2D eigenvalue weighted by atomic mass is 16.5. The molecule has 0 aliphatic heterocycles. The molecule has 1 amide bonds. The lowest BCUT2D eigenvalue weighted by molar-refractivity contribution is -0.136. The van der Waals surface area contributed by atoms with Crippen LogP contribution >= 0.6 is 0 Å². The number of amides is 1. The van der Waals surface area contributed by atoms with Crippen LogP contribution in [-0.4, -0.2) is 69.7 Å². The van der Waals surface area contributed by atoms with Gasteiger partial charge in [-0.25, -0.2) is 0 Å². The Hall–Kier alpha value is -0.650. The molecule has 0 fully saturated rings. The molecule has 120 valence electrons. The molecule has 5 heteroatoms. The molecule has 0 heterocycles. The van der Waals surface area contributed by atoms with Crippen molar-refractivity contribution in [1.29, 1.82) is 0 Å². The Bertz CT molecular complexity index is 258. The third-order valence-corrected chi connectivity index (χ3v) is 3.30. The number of hydrogen-bond acceptors (Lipinski definition) is 4. The number of rotatable bonds is 11. The van der Waals surface area contributed by atoms with Crippen molar-refractivity contribution in [3.05, 3.63) is 0 Å². The highest BCUT2D eigenvalue weighted by Crippen LogP contribution is 2.14. The van der Waals surface area contributed by atoms with Crippen LogP contribution in [0.2, 0.25) is 0 Å². The van der Waals surface area contributed by atoms with Crippen LogP contribution in [0.3, 0.4) is 0 Å². The summed E-state index contributed by atoms with van der Waals surface area (Å²) in [5.74, 6) is 0.599. The first-order chi connectivity index (χ1) is 9.42. The third-order valence-electron chi connectivity index (χ3n) is 3.30. The third kappa shape index (κ3) is 8.51. The minimum atomic E-state index is -0.0637. The SMILES string of the molecule is COCCN(CCCN(C)C)C(=O)C(CN)CC(C)C. The number of carbonyl (C=O) groups is 1. The molecule has 2 N–H and O–H groups in total. The molecule has 0 aromatic rings. The maximum Gasteiger partial charge on any atom is 0.227 e. The number of hydrogen-bond donors (Lipinski definition) is 1. The van der Waals surface area contributed by atoms with Crippen LogP contribution in [0.25, 0.3) is 0 Å². The van der Waals surface area contributed by atoms with Gasteiger partial charge in [0.2, 0.25) is 5.91 Å². The molecule has 0 bridgehead atoms. The fourth-order valence-electron chi connectivity index (χ4n) is 2.24. The zero-order valence-corrected chi connectivity index (χ0v) is 13.9. The molecule has 0 aromatic heterocycles. The fraction of sp³-hybridized carbons (Fsp3) is 0.933. The van der Waals surface area contributed by atoms with Gasteiger partial charge >= 0.3 is 0 Å². The number of nitrogens with two attached hydrogens (primary N) is 1. The zero-order valence-electron chi connectivity index (χ0n) is 13.9. The standard InChI is InChI=1S/C15H33N3O2/c1-13(2)11-14(12-16)15(19)18(9-10-20-5)8-6-7-17(3)4/h13-14H,6-12,16H2,1-5H3. The van der Waals surface area contributed by atoms with Gasteiger partial charge in [0.15, 0.2) is 0 Å². The molecule has 0 radical (unpaired) electrons. The molecule has 1 unspecified atom stereocenters. The van der Waals surface area contributed by atoms with E-state index in [4.69, 9.17) is 10.5 Å². The van der Waals surface area contributed by atoms with E-state index >= 15 is 0 Å². The first-order valence-corrected chi connectivity index (χ1v) is 7.54. The van der Waals surface area contributed by atoms with Crippen molar-refractivity contribution < 1.29 is 9.53 Å². The molecule has 0 aromatic carbocycles. The molecule has 5 nitrogen and oxygen atoms in total. The second-order valence-corrected chi connectivity index (χ2v) is 6.04. The fourth-order valence-corrected chi connectivity index (χ4v) is 2.24. The van der Waals surface area contributed by atoms with Crippen molar-refractivity contribution in [2.75, 3.05) is 54.0 Å². The van der Waals surface area contributed by atoms with Crippen LogP contribution in [0.5, 0.6) is 0 Å². The lowest BCUT2D eigenvalue weighted by Crippen LogP contribution is -2.42. The normalized spacial score (nSPS) is 13.0. The van der Waals surface area contributed by atoms with Gasteiger partial charge in [-0.3, -0.25) is 4.79 Å². The van der Waals surface area contributed by atoms with Crippen LogP contribution in [0.1, 0.15) is 26.7 Å². The Kier molecular flexibility index (Phi) is 10.7. The Morgan fingerprint density at radius 2 is 1.85 bits per heavy atom. The summed E-state index contributed by atoms with van der Waals surface area (Å²) in [6.07, 6.45) is 1.83. The Balaban J connectivity index is 4.50. The number of ether oxygens (including phenoxy) is 1. The first kappa shape index (κ1) is 19.4. The molecule has 0 aliphatic rings. The summed E-state index contributed by atoms with van der Waals surface area (Å²) in [7, 11) is 5.75. The van der Waals surface area contributed by atoms with Gasteiger partial charge in [-0.05, 0) is 39.4 Å². The Morgan fingerprint density at radius 3 is 2.30 bits per heavy atom. The number of methoxy groups -OCH3 is 1. The van der Waals surface area contributed by atoms with Crippen LogP contribution in [0.15, 0.2) is 0 Å². The molecule has 0 aliphatic carbocycles. The average Bonchev–Trinajstić information content (AvgIpc) is 2.38. The average molecular weight is 287 g/mol. The maximum absolute atomic E-state index is 12.6. The molecule has 1 atom stereocenters. The van der Waals surface area contributed by atoms with E-state index < -0.39 is 0 Å². The summed E-state index contributed by atoms with van der Waals surface area (Å²) in [5.41, 5.74) is 5.78. The first-order valence-electron chi connectivity index (χ1n) is 7.54. The lowest BCUT2D eigenvalue weighted by Gasteiger charge is -2.28. The van der Waals surface area contributed by atoms with Crippen molar-refractivity contribution in [2.24, 2.45) is 17.6 Å². The van der Waals surface area contributed by atoms with Gasteiger partial charge in [0.05, 0.1) is 12.5 Å². The Morgan fingerprint density at radius 1 is 1.20 bits per heavy atom. The van der Waals surface area contributed by atoms with Crippen molar-refractivity contribution in [2.45, 2.75) is 26.7 Å². The van der Waals surface area contributed by atoms with E-state index in [0.29, 0.717) is 25.6 Å². The minimum Gasteiger partial charge on any atom is -0.383 e. The van der Waals surface area contributed by atoms with E-state index in [-0.39, 0.29) is 11.8 Å². The monoisotopic (exact) mass is 287 g/mol. The van der Waals surface area contributed by atoms with Gasteiger partial charge in [0.25, 0.3) is 0 Å². The highest BCUT2D eigenvalue weighted by molar-refractivity contribution is 5.79. The summed E-state index contributed by atoms with van der Waals surface area (Å²) in [4.78, 5) is 16.6. The van der Waals surface area contributed by atoms with Crippen LogP contribution in [0, 0.1) is 11.8 Å². The van der Waals surface area contributed by atoms with Gasteiger partial charge < -0.3 is 20.3 Å². The zero-order chi connectivity index (χ0) is 15.5. The van der Waals surface area contributed by atoms with E-state index in [1.54, 1.807) is 7.11 Å². The summed E-state index contributed by atoms with van der Waals surface area (Å²) in [5, 5.41) is 0. The van der Waals surface area contributed by atoms with Crippen LogP contribution in [0.4, 0.5) is 0 Å². The quantitative estimate of drug-likeness (QED) is 0.617. The second-order valence-electron chi connectivity index (χ2n) is 6.04. The molecule has 0 rings (SSSR count). The van der Waals surface area contributed by atoms with E-state index in [1.807, 2.05) is 19.0 Å². The number of nitrogens with zero attached hydrogens (tertiary/aromatic N) is 2. The molecule has 0 saturated carbocycles. The summed E-state index contributed by atoms with van der Waals surface area (Å²) >= 11 is 0. The molecular formula is C15H33N3O2. The Labute approximate surface area is 124 Å².